The van der Waals surface area contributed by atoms with Crippen LogP contribution in [0.25, 0.3) is 0 Å². The molecular weight excluding hydrogens is 412 g/mol. The topological polar surface area (TPSA) is 90.0 Å². The zero-order valence-corrected chi connectivity index (χ0v) is 15.1. The minimum absolute atomic E-state index is 0. The van der Waals surface area contributed by atoms with E-state index in [9.17, 15) is 18.0 Å². The van der Waals surface area contributed by atoms with Crippen molar-refractivity contribution in [2.45, 2.75) is 12.9 Å². The highest BCUT2D eigenvalue weighted by molar-refractivity contribution is 5.92. The second kappa shape index (κ2) is 11.1. The lowest BCUT2D eigenvalue weighted by Gasteiger charge is -2.20. The molecule has 2 aromatic rings. The Bertz CT molecular complexity index is 734. The number of amides is 1. The molecule has 0 atom stereocenters. The van der Waals surface area contributed by atoms with E-state index >= 15 is 0 Å². The molecule has 0 radical (unpaired) electrons. The molecule has 27 heavy (non-hydrogen) atoms. The predicted molar refractivity (Wildman–Crippen MR) is 95.5 cm³/mol. The van der Waals surface area contributed by atoms with Gasteiger partial charge < -0.3 is 15.3 Å². The number of nitrogens with zero attached hydrogens (tertiary/aromatic N) is 3. The fourth-order valence-electron chi connectivity index (χ4n) is 1.64. The molecule has 0 saturated carbocycles. The summed E-state index contributed by atoms with van der Waals surface area (Å²) in [4.78, 5) is 23.1. The fourth-order valence-corrected chi connectivity index (χ4v) is 1.64. The number of rotatable bonds is 4. The van der Waals surface area contributed by atoms with Crippen molar-refractivity contribution < 1.29 is 27.5 Å². The Kier molecular flexibility index (Phi) is 9.97. The lowest BCUT2D eigenvalue weighted by Crippen LogP contribution is -2.45. The number of aliphatic imine (C=N–C) groups is 1. The molecule has 0 aliphatic rings. The maximum Gasteiger partial charge on any atom is 0.506 e. The third-order valence-corrected chi connectivity index (χ3v) is 2.65. The molecule has 1 aromatic carbocycles. The summed E-state index contributed by atoms with van der Waals surface area (Å²) < 4.78 is 42.1. The smallest absolute Gasteiger partial charge is 0.442 e. The van der Waals surface area contributed by atoms with Crippen LogP contribution in [0.15, 0.2) is 59.9 Å². The summed E-state index contributed by atoms with van der Waals surface area (Å²) in [6, 6.07) is 11.4. The Morgan fingerprint density at radius 3 is 2.37 bits per heavy atom. The number of carbonyl (C=O) groups is 1. The molecule has 0 spiro atoms. The molecular formula is C15H15Cl2F3N4O3. The van der Waals surface area contributed by atoms with Gasteiger partial charge >= 0.3 is 12.4 Å². The molecule has 1 heterocycles. The fraction of sp³-hybridized carbons (Fsp3) is 0.133. The zero-order valence-electron chi connectivity index (χ0n) is 13.5. The molecule has 2 N–H and O–H groups in total. The molecule has 1 aromatic heterocycles. The van der Waals surface area contributed by atoms with Crippen LogP contribution in [0.5, 0.6) is 5.75 Å². The van der Waals surface area contributed by atoms with Crippen molar-refractivity contribution in [3.63, 3.8) is 0 Å². The standard InChI is InChI=1S/C15H13F3N4O3.2ClH/c16-15(17,18)21-13(19)22(25-12-7-4-8-20-9-12)14(23)24-10-11-5-2-1-3-6-11;;/h1-9H,10H2,(H2,19,21);2*1H. The number of benzene rings is 1. The summed E-state index contributed by atoms with van der Waals surface area (Å²) in [7, 11) is 0. The number of carbonyl (C=O) groups excluding carboxylic acids is 1. The highest BCUT2D eigenvalue weighted by Crippen LogP contribution is 2.17. The summed E-state index contributed by atoms with van der Waals surface area (Å²) in [5, 5.41) is 0.105. The van der Waals surface area contributed by atoms with E-state index in [4.69, 9.17) is 15.3 Å². The quantitative estimate of drug-likeness (QED) is 0.348. The van der Waals surface area contributed by atoms with Crippen LogP contribution in [-0.4, -0.2) is 28.4 Å². The molecule has 0 aliphatic heterocycles. The Balaban J connectivity index is 0.00000338. The van der Waals surface area contributed by atoms with Crippen molar-refractivity contribution in [1.29, 1.82) is 0 Å². The third kappa shape index (κ3) is 8.47. The average molecular weight is 427 g/mol. The first-order valence-electron chi connectivity index (χ1n) is 6.86. The summed E-state index contributed by atoms with van der Waals surface area (Å²) in [6.07, 6.45) is -3.66. The first kappa shape index (κ1) is 24.3. The summed E-state index contributed by atoms with van der Waals surface area (Å²) in [5.41, 5.74) is 5.86. The van der Waals surface area contributed by atoms with Crippen LogP contribution in [0.3, 0.4) is 0 Å². The van der Waals surface area contributed by atoms with Gasteiger partial charge in [0, 0.05) is 6.20 Å². The minimum Gasteiger partial charge on any atom is -0.442 e. The molecule has 0 bridgehead atoms. The Labute approximate surface area is 164 Å². The number of halogens is 5. The van der Waals surface area contributed by atoms with Crippen LogP contribution in [0.1, 0.15) is 5.56 Å². The second-order valence-corrected chi connectivity index (χ2v) is 4.55. The summed E-state index contributed by atoms with van der Waals surface area (Å²) in [6.45, 7) is -0.189. The van der Waals surface area contributed by atoms with Crippen molar-refractivity contribution >= 4 is 36.9 Å². The largest absolute Gasteiger partial charge is 0.506 e. The molecule has 148 valence electrons. The van der Waals surface area contributed by atoms with Crippen LogP contribution in [0, 0.1) is 0 Å². The Hall–Kier alpha value is -2.72. The SMILES string of the molecule is Cl.Cl.N/C(=N\C(F)(F)F)N(Oc1cccnc1)C(=O)OCc1ccccc1. The highest BCUT2D eigenvalue weighted by atomic mass is 35.5. The van der Waals surface area contributed by atoms with E-state index in [-0.39, 0.29) is 42.2 Å². The zero-order chi connectivity index (χ0) is 18.3. The summed E-state index contributed by atoms with van der Waals surface area (Å²) in [5.74, 6) is -1.26. The molecule has 7 nitrogen and oxygen atoms in total. The van der Waals surface area contributed by atoms with Crippen molar-refractivity contribution in [3.8, 4) is 5.75 Å². The van der Waals surface area contributed by atoms with E-state index < -0.39 is 18.4 Å². The molecule has 0 fully saturated rings. The van der Waals surface area contributed by atoms with Gasteiger partial charge in [0.25, 0.3) is 0 Å². The summed E-state index contributed by atoms with van der Waals surface area (Å²) >= 11 is 0. The number of aromatic nitrogens is 1. The van der Waals surface area contributed by atoms with Crippen LogP contribution in [0.4, 0.5) is 18.0 Å². The number of hydroxylamine groups is 2. The van der Waals surface area contributed by atoms with Gasteiger partial charge in [0.1, 0.15) is 6.61 Å². The molecule has 1 amide bonds. The molecule has 0 unspecified atom stereocenters. The predicted octanol–water partition coefficient (Wildman–Crippen LogP) is 3.69. The van der Waals surface area contributed by atoms with Gasteiger partial charge in [0.15, 0.2) is 5.75 Å². The first-order valence-corrected chi connectivity index (χ1v) is 6.86. The number of alkyl halides is 3. The lowest BCUT2D eigenvalue weighted by molar-refractivity contribution is -0.121. The Morgan fingerprint density at radius 1 is 1.15 bits per heavy atom. The monoisotopic (exact) mass is 426 g/mol. The average Bonchev–Trinajstić information content (AvgIpc) is 2.58. The van der Waals surface area contributed by atoms with E-state index in [1.807, 2.05) is 0 Å². The maximum atomic E-state index is 12.4. The van der Waals surface area contributed by atoms with Crippen molar-refractivity contribution in [3.05, 3.63) is 60.4 Å². The number of hydrogen-bond acceptors (Lipinski definition) is 5. The van der Waals surface area contributed by atoms with Gasteiger partial charge in [-0.3, -0.25) is 4.98 Å². The van der Waals surface area contributed by atoms with Gasteiger partial charge in [-0.05, 0) is 17.7 Å². The van der Waals surface area contributed by atoms with Gasteiger partial charge in [-0.15, -0.1) is 43.0 Å². The number of ether oxygens (including phenoxy) is 1. The van der Waals surface area contributed by atoms with Crippen LogP contribution in [0.2, 0.25) is 0 Å². The highest BCUT2D eigenvalue weighted by Gasteiger charge is 2.31. The van der Waals surface area contributed by atoms with E-state index in [2.05, 4.69) is 9.98 Å². The van der Waals surface area contributed by atoms with E-state index in [0.29, 0.717) is 5.56 Å². The van der Waals surface area contributed by atoms with Crippen molar-refractivity contribution in [2.24, 2.45) is 10.7 Å². The minimum atomic E-state index is -4.99. The van der Waals surface area contributed by atoms with Crippen LogP contribution < -0.4 is 10.6 Å². The van der Waals surface area contributed by atoms with Gasteiger partial charge in [-0.25, -0.2) is 4.79 Å². The Morgan fingerprint density at radius 2 is 1.81 bits per heavy atom. The van der Waals surface area contributed by atoms with Gasteiger partial charge in [0.2, 0.25) is 5.96 Å². The van der Waals surface area contributed by atoms with Gasteiger partial charge in [-0.1, -0.05) is 35.4 Å². The van der Waals surface area contributed by atoms with Crippen molar-refractivity contribution in [1.82, 2.24) is 10.0 Å². The lowest BCUT2D eigenvalue weighted by atomic mass is 10.2. The normalized spacial score (nSPS) is 10.9. The molecule has 12 heteroatoms. The van der Waals surface area contributed by atoms with Gasteiger partial charge in [-0.2, -0.15) is 0 Å². The van der Waals surface area contributed by atoms with E-state index in [1.54, 1.807) is 30.3 Å². The number of pyridine rings is 1. The van der Waals surface area contributed by atoms with Gasteiger partial charge in [0.05, 0.1) is 6.20 Å². The first-order chi connectivity index (χ1) is 11.8. The van der Waals surface area contributed by atoms with Crippen LogP contribution in [-0.2, 0) is 11.3 Å². The molecule has 2 rings (SSSR count). The third-order valence-electron chi connectivity index (χ3n) is 2.65. The number of hydrogen-bond donors (Lipinski definition) is 1. The second-order valence-electron chi connectivity index (χ2n) is 4.55. The molecule has 0 saturated heterocycles. The number of nitrogens with two attached hydrogens (primary N) is 1. The van der Waals surface area contributed by atoms with Crippen molar-refractivity contribution in [2.75, 3.05) is 0 Å². The van der Waals surface area contributed by atoms with Crippen LogP contribution >= 0.6 is 24.8 Å². The van der Waals surface area contributed by atoms with E-state index in [1.165, 1.54) is 24.5 Å². The molecule has 0 aliphatic carbocycles. The maximum absolute atomic E-state index is 12.4. The number of guanidine groups is 1. The van der Waals surface area contributed by atoms with E-state index in [0.717, 1.165) is 0 Å².